The van der Waals surface area contributed by atoms with Gasteiger partial charge in [0, 0.05) is 19.1 Å². The van der Waals surface area contributed by atoms with Crippen LogP contribution in [0, 0.1) is 5.92 Å². The van der Waals surface area contributed by atoms with E-state index < -0.39 is 6.10 Å². The minimum Gasteiger partial charge on any atom is -0.469 e. The number of piperidine rings is 1. The number of hydrogen-bond donors (Lipinski definition) is 1. The van der Waals surface area contributed by atoms with E-state index in [9.17, 15) is 9.90 Å². The van der Waals surface area contributed by atoms with Crippen LogP contribution in [0.3, 0.4) is 0 Å². The van der Waals surface area contributed by atoms with E-state index in [0.717, 1.165) is 6.54 Å². The fourth-order valence-electron chi connectivity index (χ4n) is 1.82. The molecule has 0 aromatic heterocycles. The molecule has 0 bridgehead atoms. The lowest BCUT2D eigenvalue weighted by atomic mass is 9.94. The molecular weight excluding hydrogens is 182 g/mol. The predicted octanol–water partition coefficient (Wildman–Crippen LogP) is 0.251. The van der Waals surface area contributed by atoms with Crippen molar-refractivity contribution in [1.29, 1.82) is 0 Å². The molecule has 0 radical (unpaired) electrons. The van der Waals surface area contributed by atoms with Gasteiger partial charge in [0.1, 0.15) is 0 Å². The lowest BCUT2D eigenvalue weighted by Gasteiger charge is -2.36. The van der Waals surface area contributed by atoms with Crippen molar-refractivity contribution in [2.75, 3.05) is 20.2 Å². The molecule has 1 fully saturated rings. The summed E-state index contributed by atoms with van der Waals surface area (Å²) in [6, 6.07) is 0.412. The van der Waals surface area contributed by atoms with Crippen molar-refractivity contribution < 1.29 is 14.6 Å². The molecule has 2 atom stereocenters. The highest BCUT2D eigenvalue weighted by atomic mass is 16.5. The van der Waals surface area contributed by atoms with Gasteiger partial charge >= 0.3 is 5.97 Å². The van der Waals surface area contributed by atoms with Crippen molar-refractivity contribution in [1.82, 2.24) is 4.90 Å². The van der Waals surface area contributed by atoms with E-state index in [-0.39, 0.29) is 11.9 Å². The summed E-state index contributed by atoms with van der Waals surface area (Å²) in [5.74, 6) is -0.681. The molecule has 0 amide bonds. The summed E-state index contributed by atoms with van der Waals surface area (Å²) in [4.78, 5) is 13.5. The van der Waals surface area contributed by atoms with Crippen molar-refractivity contribution >= 4 is 5.97 Å². The van der Waals surface area contributed by atoms with Gasteiger partial charge in [-0.25, -0.2) is 0 Å². The topological polar surface area (TPSA) is 49.8 Å². The Balaban J connectivity index is 2.59. The number of rotatable bonds is 2. The second-order valence-electron chi connectivity index (χ2n) is 4.07. The molecule has 0 aromatic rings. The number of hydrogen-bond acceptors (Lipinski definition) is 4. The van der Waals surface area contributed by atoms with Crippen LogP contribution in [-0.4, -0.2) is 48.3 Å². The lowest BCUT2D eigenvalue weighted by molar-refractivity contribution is -0.153. The standard InChI is InChI=1S/C10H19NO3/c1-7(2)11-5-4-9(12)8(6-11)10(13)14-3/h7-9,12H,4-6H2,1-3H3. The molecule has 14 heavy (non-hydrogen) atoms. The number of nitrogens with zero attached hydrogens (tertiary/aromatic N) is 1. The van der Waals surface area contributed by atoms with Gasteiger partial charge in [-0.2, -0.15) is 0 Å². The summed E-state index contributed by atoms with van der Waals surface area (Å²) in [6.07, 6.45) is 0.107. The summed E-state index contributed by atoms with van der Waals surface area (Å²) in [6.45, 7) is 5.63. The number of aliphatic hydroxyl groups is 1. The van der Waals surface area contributed by atoms with E-state index in [4.69, 9.17) is 0 Å². The second kappa shape index (κ2) is 4.75. The quantitative estimate of drug-likeness (QED) is 0.651. The molecule has 1 N–H and O–H groups in total. The summed E-state index contributed by atoms with van der Waals surface area (Å²) in [5.41, 5.74) is 0. The number of likely N-dealkylation sites (tertiary alicyclic amines) is 1. The molecule has 2 unspecified atom stereocenters. The molecule has 4 nitrogen and oxygen atoms in total. The molecule has 1 rings (SSSR count). The van der Waals surface area contributed by atoms with E-state index in [1.807, 2.05) is 0 Å². The molecule has 1 aliphatic rings. The number of esters is 1. The maximum atomic E-state index is 11.3. The maximum Gasteiger partial charge on any atom is 0.312 e. The lowest BCUT2D eigenvalue weighted by Crippen LogP contribution is -2.49. The van der Waals surface area contributed by atoms with E-state index in [0.29, 0.717) is 19.0 Å². The molecule has 1 heterocycles. The third-order valence-electron chi connectivity index (χ3n) is 2.84. The van der Waals surface area contributed by atoms with Crippen LogP contribution in [0.5, 0.6) is 0 Å². The van der Waals surface area contributed by atoms with Crippen LogP contribution in [0.15, 0.2) is 0 Å². The highest BCUT2D eigenvalue weighted by Gasteiger charge is 2.34. The Labute approximate surface area is 84.8 Å². The highest BCUT2D eigenvalue weighted by Crippen LogP contribution is 2.20. The average molecular weight is 201 g/mol. The first kappa shape index (κ1) is 11.5. The first-order chi connectivity index (χ1) is 6.56. The number of carbonyl (C=O) groups excluding carboxylic acids is 1. The Morgan fingerprint density at radius 3 is 2.71 bits per heavy atom. The van der Waals surface area contributed by atoms with Crippen LogP contribution < -0.4 is 0 Å². The number of ether oxygens (including phenoxy) is 1. The zero-order valence-electron chi connectivity index (χ0n) is 9.06. The zero-order valence-corrected chi connectivity index (χ0v) is 9.06. The molecule has 1 saturated heterocycles. The summed E-state index contributed by atoms with van der Waals surface area (Å²) in [7, 11) is 1.36. The predicted molar refractivity (Wildman–Crippen MR) is 52.8 cm³/mol. The van der Waals surface area contributed by atoms with Gasteiger partial charge in [-0.05, 0) is 20.3 Å². The van der Waals surface area contributed by atoms with E-state index in [1.54, 1.807) is 0 Å². The first-order valence-corrected chi connectivity index (χ1v) is 5.06. The van der Waals surface area contributed by atoms with Gasteiger partial charge in [0.15, 0.2) is 0 Å². The molecule has 0 aromatic carbocycles. The van der Waals surface area contributed by atoms with Crippen LogP contribution in [0.25, 0.3) is 0 Å². The van der Waals surface area contributed by atoms with Crippen molar-refractivity contribution in [3.8, 4) is 0 Å². The van der Waals surface area contributed by atoms with Crippen LogP contribution in [-0.2, 0) is 9.53 Å². The van der Waals surface area contributed by atoms with E-state index in [1.165, 1.54) is 7.11 Å². The largest absolute Gasteiger partial charge is 0.469 e. The Kier molecular flexibility index (Phi) is 3.89. The van der Waals surface area contributed by atoms with Gasteiger partial charge in [0.25, 0.3) is 0 Å². The molecule has 0 spiro atoms. The van der Waals surface area contributed by atoms with Crippen LogP contribution in [0.1, 0.15) is 20.3 Å². The minimum atomic E-state index is -0.544. The maximum absolute atomic E-state index is 11.3. The smallest absolute Gasteiger partial charge is 0.312 e. The molecule has 4 heteroatoms. The van der Waals surface area contributed by atoms with Gasteiger partial charge in [-0.1, -0.05) is 0 Å². The Hall–Kier alpha value is -0.610. The van der Waals surface area contributed by atoms with Crippen LogP contribution in [0.4, 0.5) is 0 Å². The zero-order chi connectivity index (χ0) is 10.7. The molecule has 1 aliphatic heterocycles. The molecule has 82 valence electrons. The molecular formula is C10H19NO3. The van der Waals surface area contributed by atoms with Gasteiger partial charge in [0.05, 0.1) is 19.1 Å². The Morgan fingerprint density at radius 1 is 1.57 bits per heavy atom. The average Bonchev–Trinajstić information content (AvgIpc) is 2.17. The van der Waals surface area contributed by atoms with Gasteiger partial charge in [-0.15, -0.1) is 0 Å². The van der Waals surface area contributed by atoms with Gasteiger partial charge in [0.2, 0.25) is 0 Å². The summed E-state index contributed by atoms with van der Waals surface area (Å²) >= 11 is 0. The highest BCUT2D eigenvalue weighted by molar-refractivity contribution is 5.73. The Morgan fingerprint density at radius 2 is 2.21 bits per heavy atom. The third kappa shape index (κ3) is 2.45. The number of carbonyl (C=O) groups is 1. The molecule has 0 saturated carbocycles. The molecule has 0 aliphatic carbocycles. The third-order valence-corrected chi connectivity index (χ3v) is 2.84. The second-order valence-corrected chi connectivity index (χ2v) is 4.07. The van der Waals surface area contributed by atoms with Crippen LogP contribution in [0.2, 0.25) is 0 Å². The SMILES string of the molecule is COC(=O)C1CN(C(C)C)CCC1O. The van der Waals surface area contributed by atoms with Crippen LogP contribution >= 0.6 is 0 Å². The fourth-order valence-corrected chi connectivity index (χ4v) is 1.82. The summed E-state index contributed by atoms with van der Waals surface area (Å²) < 4.78 is 4.66. The normalized spacial score (nSPS) is 29.2. The summed E-state index contributed by atoms with van der Waals surface area (Å²) in [5, 5.41) is 9.64. The number of aliphatic hydroxyl groups excluding tert-OH is 1. The van der Waals surface area contributed by atoms with Crippen molar-refractivity contribution in [3.63, 3.8) is 0 Å². The van der Waals surface area contributed by atoms with E-state index >= 15 is 0 Å². The number of methoxy groups -OCH3 is 1. The van der Waals surface area contributed by atoms with Crippen molar-refractivity contribution in [2.45, 2.75) is 32.4 Å². The monoisotopic (exact) mass is 201 g/mol. The Bertz CT molecular complexity index is 206. The minimum absolute atomic E-state index is 0.303. The van der Waals surface area contributed by atoms with Gasteiger partial charge < -0.3 is 9.84 Å². The van der Waals surface area contributed by atoms with Crippen molar-refractivity contribution in [2.24, 2.45) is 5.92 Å². The fraction of sp³-hybridized carbons (Fsp3) is 0.900. The van der Waals surface area contributed by atoms with Gasteiger partial charge in [-0.3, -0.25) is 9.69 Å². The van der Waals surface area contributed by atoms with Crippen molar-refractivity contribution in [3.05, 3.63) is 0 Å². The van der Waals surface area contributed by atoms with E-state index in [2.05, 4.69) is 23.5 Å². The first-order valence-electron chi connectivity index (χ1n) is 5.06.